The number of para-hydroxylation sites is 1. The fourth-order valence-electron chi connectivity index (χ4n) is 7.77. The van der Waals surface area contributed by atoms with Crippen molar-refractivity contribution in [3.05, 3.63) is 160 Å². The summed E-state index contributed by atoms with van der Waals surface area (Å²) in [6.45, 7) is 4.56. The number of aromatic nitrogens is 1. The number of allylic oxidation sites excluding steroid dienone is 1. The molecule has 0 N–H and O–H groups in total. The van der Waals surface area contributed by atoms with Crippen molar-refractivity contribution < 1.29 is 9.59 Å². The number of hydrogen-bond donors (Lipinski definition) is 0. The number of anilines is 3. The number of benzene rings is 5. The molecule has 4 nitrogen and oxygen atoms in total. The van der Waals surface area contributed by atoms with Crippen molar-refractivity contribution in [2.45, 2.75) is 19.3 Å². The fourth-order valence-corrected chi connectivity index (χ4v) is 10.7. The van der Waals surface area contributed by atoms with E-state index in [4.69, 9.17) is 4.98 Å². The van der Waals surface area contributed by atoms with E-state index in [0.29, 0.717) is 11.1 Å². The van der Waals surface area contributed by atoms with Gasteiger partial charge in [0.1, 0.15) is 0 Å². The Bertz CT molecular complexity index is 2730. The quantitative estimate of drug-likeness (QED) is 0.137. The molecule has 0 fully saturated rings. The summed E-state index contributed by atoms with van der Waals surface area (Å²) in [5, 5.41) is 4.29. The zero-order chi connectivity index (χ0) is 33.7. The first kappa shape index (κ1) is 29.2. The lowest BCUT2D eigenvalue weighted by atomic mass is 9.83. The molecule has 0 aliphatic heterocycles. The van der Waals surface area contributed by atoms with Gasteiger partial charge < -0.3 is 4.90 Å². The van der Waals surface area contributed by atoms with Crippen molar-refractivity contribution in [2.24, 2.45) is 0 Å². The highest BCUT2D eigenvalue weighted by atomic mass is 32.1. The number of pyridine rings is 1. The summed E-state index contributed by atoms with van der Waals surface area (Å²) in [7, 11) is 0. The Morgan fingerprint density at radius 1 is 0.680 bits per heavy atom. The minimum atomic E-state index is -0.308. The van der Waals surface area contributed by atoms with Crippen LogP contribution >= 0.6 is 22.7 Å². The van der Waals surface area contributed by atoms with Gasteiger partial charge in [-0.2, -0.15) is 0 Å². The summed E-state index contributed by atoms with van der Waals surface area (Å²) >= 11 is 3.40. The Labute approximate surface area is 296 Å². The van der Waals surface area contributed by atoms with Crippen LogP contribution in [0.5, 0.6) is 0 Å². The molecule has 0 bridgehead atoms. The molecular weight excluding hydrogens is 653 g/mol. The topological polar surface area (TPSA) is 50.3 Å². The Morgan fingerprint density at radius 3 is 2.08 bits per heavy atom. The molecule has 0 radical (unpaired) electrons. The molecule has 0 spiro atoms. The molecular formula is C44H28N2O2S2. The zero-order valence-electron chi connectivity index (χ0n) is 27.2. The highest BCUT2D eigenvalue weighted by Crippen LogP contribution is 2.57. The van der Waals surface area contributed by atoms with E-state index in [1.807, 2.05) is 48.7 Å². The number of rotatable bonds is 4. The van der Waals surface area contributed by atoms with Crippen LogP contribution in [0.15, 0.2) is 133 Å². The molecule has 0 atom stereocenters. The third-order valence-electron chi connectivity index (χ3n) is 10.2. The Balaban J connectivity index is 1.06. The normalized spacial score (nSPS) is 14.4. The molecule has 3 aromatic heterocycles. The minimum absolute atomic E-state index is 0.198. The van der Waals surface area contributed by atoms with Crippen LogP contribution in [0.1, 0.15) is 50.6 Å². The lowest BCUT2D eigenvalue weighted by Gasteiger charge is -2.28. The van der Waals surface area contributed by atoms with Crippen LogP contribution in [0, 0.1) is 0 Å². The average Bonchev–Trinajstić information content (AvgIpc) is 3.82. The molecule has 238 valence electrons. The molecule has 0 saturated heterocycles. The largest absolute Gasteiger partial charge is 0.308 e. The van der Waals surface area contributed by atoms with Crippen molar-refractivity contribution in [2.75, 3.05) is 4.90 Å². The van der Waals surface area contributed by atoms with Gasteiger partial charge in [0.2, 0.25) is 0 Å². The third kappa shape index (κ3) is 4.19. The highest BCUT2D eigenvalue weighted by Gasteiger charge is 2.41. The maximum Gasteiger partial charge on any atom is 0.197 e. The summed E-state index contributed by atoms with van der Waals surface area (Å²) in [6.07, 6.45) is 3.80. The van der Waals surface area contributed by atoms with Crippen LogP contribution in [0.3, 0.4) is 0 Å². The second kappa shape index (κ2) is 10.7. The van der Waals surface area contributed by atoms with Crippen molar-refractivity contribution in [1.29, 1.82) is 0 Å². The van der Waals surface area contributed by atoms with Crippen LogP contribution in [0.2, 0.25) is 0 Å². The Morgan fingerprint density at radius 2 is 1.34 bits per heavy atom. The van der Waals surface area contributed by atoms with Gasteiger partial charge in [0.05, 0.1) is 38.4 Å². The van der Waals surface area contributed by atoms with E-state index in [2.05, 4.69) is 97.6 Å². The first-order valence-corrected chi connectivity index (χ1v) is 18.2. The molecule has 6 heteroatoms. The fraction of sp³-hybridized carbons (Fsp3) is 0.0682. The minimum Gasteiger partial charge on any atom is -0.308 e. The van der Waals surface area contributed by atoms with Crippen molar-refractivity contribution >= 4 is 88.3 Å². The summed E-state index contributed by atoms with van der Waals surface area (Å²) in [6, 6.07) is 41.4. The average molecular weight is 681 g/mol. The molecule has 10 rings (SSSR count). The van der Waals surface area contributed by atoms with Gasteiger partial charge in [-0.25, -0.2) is 0 Å². The second-order valence-corrected chi connectivity index (χ2v) is 15.6. The number of nitrogens with zero attached hydrogens (tertiary/aromatic N) is 2. The molecule has 50 heavy (non-hydrogen) atoms. The van der Waals surface area contributed by atoms with Crippen LogP contribution in [-0.2, 0) is 5.41 Å². The summed E-state index contributed by atoms with van der Waals surface area (Å²) < 4.78 is 2.34. The number of hydrogen-bond acceptors (Lipinski definition) is 6. The summed E-state index contributed by atoms with van der Waals surface area (Å²) in [5.41, 5.74) is 7.58. The third-order valence-corrected chi connectivity index (χ3v) is 12.6. The Hall–Kier alpha value is -5.69. The maximum absolute atomic E-state index is 13.5. The number of thiophene rings is 2. The van der Waals surface area contributed by atoms with E-state index in [9.17, 15) is 9.59 Å². The number of Topliss-reactive ketones (excluding diaryl/α,β-unsaturated/α-hetero) is 2. The number of fused-ring (bicyclic) bond motifs is 8. The van der Waals surface area contributed by atoms with Crippen LogP contribution in [0.4, 0.5) is 17.1 Å². The summed E-state index contributed by atoms with van der Waals surface area (Å²) in [4.78, 5) is 36.6. The van der Waals surface area contributed by atoms with Gasteiger partial charge in [-0.05, 0) is 70.3 Å². The maximum atomic E-state index is 13.5. The van der Waals surface area contributed by atoms with E-state index < -0.39 is 0 Å². The molecule has 5 aromatic carbocycles. The highest BCUT2D eigenvalue weighted by molar-refractivity contribution is 7.30. The molecule has 3 heterocycles. The standard InChI is InChI=1S/C44H28N2O2S2/c1-44(2)35-21-29(46(28-15-4-3-5-16-28)36-18-10-14-25-11-8-9-17-31(25)36)24-45-39(35)43-38(44)42-37(50-43)23-30(49-42)22-34-40(47)32-19-26-12-6-7-13-27(26)20-33(32)41(34)48/h3-24H,1-2H3. The van der Waals surface area contributed by atoms with Gasteiger partial charge in [-0.3, -0.25) is 14.6 Å². The predicted molar refractivity (Wildman–Crippen MR) is 208 cm³/mol. The monoisotopic (exact) mass is 680 g/mol. The molecule has 0 saturated carbocycles. The van der Waals surface area contributed by atoms with Crippen molar-refractivity contribution in [3.8, 4) is 10.6 Å². The van der Waals surface area contributed by atoms with E-state index >= 15 is 0 Å². The Kier molecular flexibility index (Phi) is 6.23. The summed E-state index contributed by atoms with van der Waals surface area (Å²) in [5.74, 6) is -0.396. The van der Waals surface area contributed by atoms with E-state index in [-0.39, 0.29) is 22.6 Å². The molecule has 0 amide bonds. The molecule has 0 unspecified atom stereocenters. The van der Waals surface area contributed by atoms with Crippen LogP contribution in [-0.4, -0.2) is 16.6 Å². The van der Waals surface area contributed by atoms with Crippen molar-refractivity contribution in [3.63, 3.8) is 0 Å². The van der Waals surface area contributed by atoms with Gasteiger partial charge in [0.15, 0.2) is 11.6 Å². The predicted octanol–water partition coefficient (Wildman–Crippen LogP) is 11.9. The van der Waals surface area contributed by atoms with Crippen molar-refractivity contribution in [1.82, 2.24) is 4.98 Å². The van der Waals surface area contributed by atoms with Gasteiger partial charge in [-0.15, -0.1) is 22.7 Å². The second-order valence-electron chi connectivity index (χ2n) is 13.5. The van der Waals surface area contributed by atoms with E-state index in [1.165, 1.54) is 31.5 Å². The molecule has 2 aliphatic carbocycles. The number of carbonyl (C=O) groups excluding carboxylic acids is 2. The zero-order valence-corrected chi connectivity index (χ0v) is 28.9. The van der Waals surface area contributed by atoms with E-state index in [0.717, 1.165) is 43.1 Å². The lowest BCUT2D eigenvalue weighted by molar-refractivity contribution is 0.0990. The number of carbonyl (C=O) groups is 2. The van der Waals surface area contributed by atoms with Gasteiger partial charge >= 0.3 is 0 Å². The smallest absolute Gasteiger partial charge is 0.197 e. The van der Waals surface area contributed by atoms with Crippen LogP contribution < -0.4 is 4.90 Å². The SMILES string of the molecule is CC1(C)c2cc(N(c3ccccc3)c3cccc4ccccc34)cnc2-c2sc3cc(C=C4C(=O)c5cc6ccccc6cc5C4=O)sc3c21. The lowest BCUT2D eigenvalue weighted by Crippen LogP contribution is -2.17. The van der Waals surface area contributed by atoms with Crippen LogP contribution in [0.25, 0.3) is 47.6 Å². The first-order valence-electron chi connectivity index (χ1n) is 16.6. The van der Waals surface area contributed by atoms with E-state index in [1.54, 1.807) is 28.7 Å². The molecule has 8 aromatic rings. The first-order chi connectivity index (χ1) is 24.4. The molecule has 2 aliphatic rings. The number of ketones is 2. The van der Waals surface area contributed by atoms with Gasteiger partial charge in [0.25, 0.3) is 0 Å². The van der Waals surface area contributed by atoms with Gasteiger partial charge in [-0.1, -0.05) is 92.7 Å². The van der Waals surface area contributed by atoms with Gasteiger partial charge in [0, 0.05) is 42.8 Å².